The molecule has 0 aliphatic carbocycles. The number of phenolic OH excluding ortho intramolecular Hbond substituents is 1. The number of nitrogens with zero attached hydrogens (tertiary/aromatic N) is 3. The number of benzene rings is 1. The minimum Gasteiger partial charge on any atom is -0.508 e. The fraction of sp³-hybridized carbons (Fsp3) is 0.412. The van der Waals surface area contributed by atoms with Crippen LogP contribution in [0.15, 0.2) is 34.6 Å². The Bertz CT molecular complexity index is 669. The van der Waals surface area contributed by atoms with Crippen LogP contribution < -0.4 is 15.5 Å². The molecule has 7 heteroatoms. The maximum absolute atomic E-state index is 9.49. The summed E-state index contributed by atoms with van der Waals surface area (Å²) < 4.78 is 0. The van der Waals surface area contributed by atoms with Crippen molar-refractivity contribution >= 4 is 22.4 Å². The lowest BCUT2D eigenvalue weighted by Gasteiger charge is -2.11. The quantitative estimate of drug-likeness (QED) is 0.529. The zero-order valence-electron chi connectivity index (χ0n) is 14.4. The molecule has 0 saturated carbocycles. The molecule has 1 aromatic heterocycles. The van der Waals surface area contributed by atoms with Gasteiger partial charge < -0.3 is 20.6 Å². The molecule has 0 radical (unpaired) electrons. The van der Waals surface area contributed by atoms with E-state index >= 15 is 0 Å². The van der Waals surface area contributed by atoms with Crippen LogP contribution in [0, 0.1) is 0 Å². The Hall–Kier alpha value is -2.28. The third-order valence-corrected chi connectivity index (χ3v) is 4.34. The average Bonchev–Trinajstić information content (AvgIpc) is 3.02. The summed E-state index contributed by atoms with van der Waals surface area (Å²) in [6.07, 6.45) is 0.820. The minimum atomic E-state index is 0.299. The Kier molecular flexibility index (Phi) is 6.87. The van der Waals surface area contributed by atoms with Crippen molar-refractivity contribution < 1.29 is 5.11 Å². The van der Waals surface area contributed by atoms with Crippen molar-refractivity contribution in [3.05, 3.63) is 40.9 Å². The van der Waals surface area contributed by atoms with E-state index in [2.05, 4.69) is 20.6 Å². The van der Waals surface area contributed by atoms with Crippen LogP contribution >= 0.6 is 11.3 Å². The summed E-state index contributed by atoms with van der Waals surface area (Å²) in [6, 6.07) is 7.32. The number of aromatic hydroxyl groups is 1. The summed E-state index contributed by atoms with van der Waals surface area (Å²) >= 11 is 1.62. The number of hydrogen-bond acceptors (Lipinski definition) is 5. The molecule has 2 rings (SSSR count). The highest BCUT2D eigenvalue weighted by Crippen LogP contribution is 2.18. The van der Waals surface area contributed by atoms with Gasteiger partial charge in [0.2, 0.25) is 0 Å². The topological polar surface area (TPSA) is 72.8 Å². The molecule has 1 aromatic carbocycles. The van der Waals surface area contributed by atoms with Crippen molar-refractivity contribution in [2.75, 3.05) is 32.1 Å². The van der Waals surface area contributed by atoms with E-state index in [-0.39, 0.29) is 0 Å². The first-order valence-corrected chi connectivity index (χ1v) is 8.88. The number of rotatable bonds is 7. The number of aromatic nitrogens is 1. The van der Waals surface area contributed by atoms with Crippen LogP contribution in [0.25, 0.3) is 0 Å². The maximum Gasteiger partial charge on any atom is 0.191 e. The largest absolute Gasteiger partial charge is 0.508 e. The fourth-order valence-electron chi connectivity index (χ4n) is 2.11. The maximum atomic E-state index is 9.49. The van der Waals surface area contributed by atoms with Gasteiger partial charge in [-0.3, -0.25) is 0 Å². The smallest absolute Gasteiger partial charge is 0.191 e. The van der Waals surface area contributed by atoms with Gasteiger partial charge in [-0.25, -0.2) is 9.98 Å². The van der Waals surface area contributed by atoms with E-state index in [0.717, 1.165) is 41.9 Å². The van der Waals surface area contributed by atoms with E-state index in [4.69, 9.17) is 0 Å². The third-order valence-electron chi connectivity index (χ3n) is 3.28. The van der Waals surface area contributed by atoms with Crippen molar-refractivity contribution in [2.45, 2.75) is 19.9 Å². The van der Waals surface area contributed by atoms with Crippen molar-refractivity contribution in [1.29, 1.82) is 0 Å². The second-order valence-electron chi connectivity index (χ2n) is 5.56. The van der Waals surface area contributed by atoms with Crippen molar-refractivity contribution in [3.63, 3.8) is 0 Å². The third kappa shape index (κ3) is 5.73. The standard InChI is InChI=1S/C17H25N5OS/c1-4-18-16(19-9-8-13-6-5-7-15(23)10-13)20-11-14-12-24-17(21-14)22(2)3/h5-7,10,12,23H,4,8-9,11H2,1-3H3,(H2,18,19,20). The van der Waals surface area contributed by atoms with Gasteiger partial charge in [0.25, 0.3) is 0 Å². The molecule has 130 valence electrons. The molecule has 6 nitrogen and oxygen atoms in total. The Labute approximate surface area is 147 Å². The van der Waals surface area contributed by atoms with Crippen LogP contribution in [-0.4, -0.2) is 43.2 Å². The van der Waals surface area contributed by atoms with E-state index < -0.39 is 0 Å². The molecule has 2 aromatic rings. The summed E-state index contributed by atoms with van der Waals surface area (Å²) in [4.78, 5) is 11.1. The normalized spacial score (nSPS) is 11.4. The van der Waals surface area contributed by atoms with Gasteiger partial charge in [0.05, 0.1) is 12.2 Å². The lowest BCUT2D eigenvalue weighted by Crippen LogP contribution is -2.38. The first-order valence-electron chi connectivity index (χ1n) is 8.00. The molecule has 3 N–H and O–H groups in total. The van der Waals surface area contributed by atoms with Crippen molar-refractivity contribution in [2.24, 2.45) is 4.99 Å². The summed E-state index contributed by atoms with van der Waals surface area (Å²) in [5, 5.41) is 19.1. The minimum absolute atomic E-state index is 0.299. The predicted molar refractivity (Wildman–Crippen MR) is 101 cm³/mol. The van der Waals surface area contributed by atoms with Gasteiger partial charge in [-0.2, -0.15) is 0 Å². The fourth-order valence-corrected chi connectivity index (χ4v) is 2.86. The molecule has 0 amide bonds. The lowest BCUT2D eigenvalue weighted by atomic mass is 10.1. The highest BCUT2D eigenvalue weighted by atomic mass is 32.1. The van der Waals surface area contributed by atoms with Crippen LogP contribution in [0.2, 0.25) is 0 Å². The van der Waals surface area contributed by atoms with Crippen molar-refractivity contribution in [1.82, 2.24) is 15.6 Å². The first-order chi connectivity index (χ1) is 11.6. The highest BCUT2D eigenvalue weighted by Gasteiger charge is 2.04. The number of guanidine groups is 1. The number of nitrogens with one attached hydrogen (secondary N) is 2. The van der Waals surface area contributed by atoms with E-state index in [0.29, 0.717) is 12.3 Å². The van der Waals surface area contributed by atoms with Crippen LogP contribution in [0.1, 0.15) is 18.2 Å². The Morgan fingerprint density at radius 3 is 2.83 bits per heavy atom. The molecule has 24 heavy (non-hydrogen) atoms. The SMILES string of the molecule is CCNC(=NCc1csc(N(C)C)n1)NCCc1cccc(O)c1. The van der Waals surface area contributed by atoms with Crippen LogP contribution in [-0.2, 0) is 13.0 Å². The second-order valence-corrected chi connectivity index (χ2v) is 6.39. The van der Waals surface area contributed by atoms with Crippen molar-refractivity contribution in [3.8, 4) is 5.75 Å². The average molecular weight is 347 g/mol. The molecule has 0 aliphatic rings. The molecule has 0 fully saturated rings. The Morgan fingerprint density at radius 2 is 2.17 bits per heavy atom. The summed E-state index contributed by atoms with van der Waals surface area (Å²) in [7, 11) is 3.97. The number of phenols is 1. The van der Waals surface area contributed by atoms with Gasteiger partial charge in [-0.1, -0.05) is 12.1 Å². The van der Waals surface area contributed by atoms with Gasteiger partial charge in [0, 0.05) is 32.6 Å². The summed E-state index contributed by atoms with van der Waals surface area (Å²) in [5.74, 6) is 1.07. The van der Waals surface area contributed by atoms with Crippen LogP contribution in [0.4, 0.5) is 5.13 Å². The predicted octanol–water partition coefficient (Wildman–Crippen LogP) is 2.21. The second kappa shape index (κ2) is 9.12. The summed E-state index contributed by atoms with van der Waals surface area (Å²) in [5.41, 5.74) is 2.06. The van der Waals surface area contributed by atoms with Crippen LogP contribution in [0.3, 0.4) is 0 Å². The zero-order valence-corrected chi connectivity index (χ0v) is 15.2. The highest BCUT2D eigenvalue weighted by molar-refractivity contribution is 7.13. The molecule has 0 spiro atoms. The molecule has 0 bridgehead atoms. The van der Waals surface area contributed by atoms with Gasteiger partial charge in [-0.05, 0) is 31.0 Å². The molecule has 0 unspecified atom stereocenters. The van der Waals surface area contributed by atoms with Crippen LogP contribution in [0.5, 0.6) is 5.75 Å². The van der Waals surface area contributed by atoms with E-state index in [1.807, 2.05) is 43.4 Å². The summed E-state index contributed by atoms with van der Waals surface area (Å²) in [6.45, 7) is 4.14. The Balaban J connectivity index is 1.87. The molecular weight excluding hydrogens is 322 g/mol. The number of thiazole rings is 1. The number of aliphatic imine (C=N–C) groups is 1. The van der Waals surface area contributed by atoms with Gasteiger partial charge in [0.1, 0.15) is 5.75 Å². The van der Waals surface area contributed by atoms with E-state index in [1.165, 1.54) is 0 Å². The first kappa shape index (κ1) is 18.1. The molecular formula is C17H25N5OS. The molecule has 1 heterocycles. The molecule has 0 saturated heterocycles. The van der Waals surface area contributed by atoms with E-state index in [9.17, 15) is 5.11 Å². The lowest BCUT2D eigenvalue weighted by molar-refractivity contribution is 0.474. The molecule has 0 atom stereocenters. The molecule has 0 aliphatic heterocycles. The number of hydrogen-bond donors (Lipinski definition) is 3. The zero-order chi connectivity index (χ0) is 17.4. The monoisotopic (exact) mass is 347 g/mol. The number of anilines is 1. The van der Waals surface area contributed by atoms with Gasteiger partial charge in [0.15, 0.2) is 11.1 Å². The van der Waals surface area contributed by atoms with E-state index in [1.54, 1.807) is 23.5 Å². The van der Waals surface area contributed by atoms with Gasteiger partial charge in [-0.15, -0.1) is 11.3 Å². The Morgan fingerprint density at radius 1 is 1.33 bits per heavy atom. The van der Waals surface area contributed by atoms with Gasteiger partial charge >= 0.3 is 0 Å².